The molecule has 0 fully saturated rings. The smallest absolute Gasteiger partial charge is 0.334 e. The lowest BCUT2D eigenvalue weighted by Gasteiger charge is -1.93. The van der Waals surface area contributed by atoms with E-state index in [4.69, 9.17) is 10.2 Å². The van der Waals surface area contributed by atoms with Gasteiger partial charge in [0, 0.05) is 0 Å². The summed E-state index contributed by atoms with van der Waals surface area (Å²) in [5, 5.41) is 18.0. The molecule has 0 aromatic rings. The van der Waals surface area contributed by atoms with Crippen molar-refractivity contribution >= 4 is 5.97 Å². The number of hydrogen-bond acceptors (Lipinski definition) is 4. The number of nitrogens with zero attached hydrogens (tertiary/aromatic N) is 1. The van der Waals surface area contributed by atoms with E-state index >= 15 is 0 Å². The van der Waals surface area contributed by atoms with Crippen LogP contribution in [0.25, 0.3) is 0 Å². The standard InChI is InChI=1S/C3H5NO4/c5-1-2(4-8)3(6)7/h2,5H,1H2,(H,6,7). The Hall–Kier alpha value is -0.970. The molecular formula is C3H5NO4. The number of carboxylic acid groups (broad SMARTS) is 1. The van der Waals surface area contributed by atoms with Gasteiger partial charge in [-0.15, -0.1) is 4.91 Å². The Morgan fingerprint density at radius 3 is 2.25 bits per heavy atom. The predicted octanol–water partition coefficient (Wildman–Crippen LogP) is -0.802. The van der Waals surface area contributed by atoms with Crippen molar-refractivity contribution in [2.24, 2.45) is 5.18 Å². The maximum absolute atomic E-state index is 9.71. The van der Waals surface area contributed by atoms with Gasteiger partial charge >= 0.3 is 5.97 Å². The minimum absolute atomic E-state index is 0.737. The Morgan fingerprint density at radius 2 is 2.25 bits per heavy atom. The summed E-state index contributed by atoms with van der Waals surface area (Å²) in [7, 11) is 0. The van der Waals surface area contributed by atoms with Crippen molar-refractivity contribution in [2.45, 2.75) is 6.04 Å². The number of rotatable bonds is 3. The maximum atomic E-state index is 9.71. The predicted molar refractivity (Wildman–Crippen MR) is 24.3 cm³/mol. The lowest BCUT2D eigenvalue weighted by molar-refractivity contribution is -0.139. The summed E-state index contributed by atoms with van der Waals surface area (Å²) in [6, 6.07) is -1.50. The third-order valence-corrected chi connectivity index (χ3v) is 0.585. The van der Waals surface area contributed by atoms with E-state index in [9.17, 15) is 9.70 Å². The number of carboxylic acids is 1. The average molecular weight is 119 g/mol. The van der Waals surface area contributed by atoms with Gasteiger partial charge in [0.1, 0.15) is 0 Å². The molecule has 0 saturated carbocycles. The van der Waals surface area contributed by atoms with Gasteiger partial charge in [-0.05, 0) is 0 Å². The van der Waals surface area contributed by atoms with Gasteiger partial charge in [0.2, 0.25) is 6.04 Å². The number of nitroso groups, excluding NO2 is 1. The largest absolute Gasteiger partial charge is 0.479 e. The van der Waals surface area contributed by atoms with Gasteiger partial charge in [0.05, 0.1) is 6.61 Å². The minimum Gasteiger partial charge on any atom is -0.479 e. The van der Waals surface area contributed by atoms with Gasteiger partial charge in [0.15, 0.2) is 0 Å². The Kier molecular flexibility index (Phi) is 2.71. The van der Waals surface area contributed by atoms with E-state index in [0.29, 0.717) is 0 Å². The van der Waals surface area contributed by atoms with Crippen LogP contribution in [0.5, 0.6) is 0 Å². The zero-order valence-electron chi connectivity index (χ0n) is 3.94. The van der Waals surface area contributed by atoms with Crippen LogP contribution in [-0.4, -0.2) is 28.8 Å². The van der Waals surface area contributed by atoms with E-state index in [-0.39, 0.29) is 0 Å². The van der Waals surface area contributed by atoms with Crippen LogP contribution in [-0.2, 0) is 4.79 Å². The molecule has 0 spiro atoms. The fraction of sp³-hybridized carbons (Fsp3) is 0.667. The van der Waals surface area contributed by atoms with Gasteiger partial charge < -0.3 is 10.2 Å². The monoisotopic (exact) mass is 119 g/mol. The second-order valence-electron chi connectivity index (χ2n) is 1.14. The fourth-order valence-corrected chi connectivity index (χ4v) is 0.157. The highest BCUT2D eigenvalue weighted by atomic mass is 16.4. The molecule has 8 heavy (non-hydrogen) atoms. The third-order valence-electron chi connectivity index (χ3n) is 0.585. The first-order chi connectivity index (χ1) is 3.72. The van der Waals surface area contributed by atoms with Crippen LogP contribution in [0.15, 0.2) is 5.18 Å². The second-order valence-corrected chi connectivity index (χ2v) is 1.14. The molecule has 1 unspecified atom stereocenters. The molecule has 0 heterocycles. The first-order valence-electron chi connectivity index (χ1n) is 1.88. The number of aliphatic hydroxyl groups is 1. The van der Waals surface area contributed by atoms with E-state index < -0.39 is 18.6 Å². The van der Waals surface area contributed by atoms with Crippen molar-refractivity contribution in [2.75, 3.05) is 6.61 Å². The first kappa shape index (κ1) is 7.03. The van der Waals surface area contributed by atoms with Gasteiger partial charge in [0.25, 0.3) is 0 Å². The molecule has 0 aliphatic heterocycles. The normalized spacial score (nSPS) is 12.6. The topological polar surface area (TPSA) is 87.0 Å². The highest BCUT2D eigenvalue weighted by Crippen LogP contribution is 1.85. The molecule has 2 N–H and O–H groups in total. The average Bonchev–Trinajstić information content (AvgIpc) is 1.69. The first-order valence-corrected chi connectivity index (χ1v) is 1.88. The Balaban J connectivity index is 3.69. The van der Waals surface area contributed by atoms with E-state index in [1.807, 2.05) is 0 Å². The molecule has 0 aromatic carbocycles. The molecule has 0 amide bonds. The maximum Gasteiger partial charge on any atom is 0.334 e. The van der Waals surface area contributed by atoms with Gasteiger partial charge in [-0.3, -0.25) is 0 Å². The van der Waals surface area contributed by atoms with Crippen molar-refractivity contribution in [1.82, 2.24) is 0 Å². The molecule has 46 valence electrons. The molecule has 0 aliphatic carbocycles. The van der Waals surface area contributed by atoms with Gasteiger partial charge in [-0.1, -0.05) is 5.18 Å². The summed E-state index contributed by atoms with van der Waals surface area (Å²) in [6.45, 7) is -0.737. The molecule has 0 bridgehead atoms. The van der Waals surface area contributed by atoms with Crippen LogP contribution in [0.2, 0.25) is 0 Å². The summed E-state index contributed by atoms with van der Waals surface area (Å²) < 4.78 is 0. The molecule has 0 saturated heterocycles. The highest BCUT2D eigenvalue weighted by molar-refractivity contribution is 5.73. The van der Waals surface area contributed by atoms with E-state index in [0.717, 1.165) is 0 Å². The Labute approximate surface area is 44.9 Å². The van der Waals surface area contributed by atoms with Crippen LogP contribution >= 0.6 is 0 Å². The Morgan fingerprint density at radius 1 is 1.75 bits per heavy atom. The second kappa shape index (κ2) is 3.09. The minimum atomic E-state index is -1.50. The zero-order chi connectivity index (χ0) is 6.57. The SMILES string of the molecule is O=NC(CO)C(=O)O. The highest BCUT2D eigenvalue weighted by Gasteiger charge is 2.14. The molecule has 1 atom stereocenters. The molecule has 5 nitrogen and oxygen atoms in total. The fourth-order valence-electron chi connectivity index (χ4n) is 0.157. The van der Waals surface area contributed by atoms with Crippen LogP contribution in [0.1, 0.15) is 0 Å². The summed E-state index contributed by atoms with van der Waals surface area (Å²) in [6.07, 6.45) is 0. The molecule has 0 radical (unpaired) electrons. The third kappa shape index (κ3) is 1.65. The van der Waals surface area contributed by atoms with Crippen LogP contribution in [0.3, 0.4) is 0 Å². The van der Waals surface area contributed by atoms with Gasteiger partial charge in [-0.25, -0.2) is 4.79 Å². The lowest BCUT2D eigenvalue weighted by atomic mass is 10.3. The Bertz CT molecular complexity index is 101. The number of hydrogen-bond donors (Lipinski definition) is 2. The molecular weight excluding hydrogens is 114 g/mol. The molecule has 0 rings (SSSR count). The molecule has 0 aliphatic rings. The van der Waals surface area contributed by atoms with Crippen molar-refractivity contribution in [3.63, 3.8) is 0 Å². The lowest BCUT2D eigenvalue weighted by Crippen LogP contribution is -2.20. The van der Waals surface area contributed by atoms with Crippen molar-refractivity contribution in [3.8, 4) is 0 Å². The van der Waals surface area contributed by atoms with Crippen LogP contribution in [0, 0.1) is 4.91 Å². The van der Waals surface area contributed by atoms with Crippen molar-refractivity contribution < 1.29 is 15.0 Å². The van der Waals surface area contributed by atoms with E-state index in [1.54, 1.807) is 0 Å². The summed E-state index contributed by atoms with van der Waals surface area (Å²) >= 11 is 0. The molecule has 5 heteroatoms. The van der Waals surface area contributed by atoms with Crippen molar-refractivity contribution in [1.29, 1.82) is 0 Å². The number of aliphatic hydroxyl groups excluding tert-OH is 1. The van der Waals surface area contributed by atoms with E-state index in [1.165, 1.54) is 0 Å². The van der Waals surface area contributed by atoms with Crippen LogP contribution in [0.4, 0.5) is 0 Å². The zero-order valence-corrected chi connectivity index (χ0v) is 3.94. The van der Waals surface area contributed by atoms with E-state index in [2.05, 4.69) is 5.18 Å². The van der Waals surface area contributed by atoms with Gasteiger partial charge in [-0.2, -0.15) is 0 Å². The summed E-state index contributed by atoms with van der Waals surface area (Å²) in [5.41, 5.74) is 0. The molecule has 0 aromatic heterocycles. The van der Waals surface area contributed by atoms with Crippen molar-refractivity contribution in [3.05, 3.63) is 4.91 Å². The quantitative estimate of drug-likeness (QED) is 0.476. The van der Waals surface area contributed by atoms with Crippen LogP contribution < -0.4 is 0 Å². The summed E-state index contributed by atoms with van der Waals surface area (Å²) in [4.78, 5) is 19.1. The number of aliphatic carboxylic acids is 1. The summed E-state index contributed by atoms with van der Waals surface area (Å²) in [5.74, 6) is -1.40. The number of carbonyl (C=O) groups is 1.